The Kier molecular flexibility index (Phi) is 65.7. The molecule has 0 spiro atoms. The Morgan fingerprint density at radius 3 is 0.778 bits per heavy atom. The summed E-state index contributed by atoms with van der Waals surface area (Å²) < 4.78 is 17.0. The van der Waals surface area contributed by atoms with E-state index < -0.39 is 6.10 Å². The zero-order chi connectivity index (χ0) is 58.5. The number of hydrogen-bond donors (Lipinski definition) is 0. The molecule has 1 atom stereocenters. The fraction of sp³-hybridized carbons (Fsp3) is 0.747. The molecule has 466 valence electrons. The topological polar surface area (TPSA) is 78.9 Å². The van der Waals surface area contributed by atoms with Crippen molar-refractivity contribution in [3.8, 4) is 0 Å². The van der Waals surface area contributed by atoms with E-state index in [0.29, 0.717) is 19.3 Å². The summed E-state index contributed by atoms with van der Waals surface area (Å²) in [5.74, 6) is -0.901. The van der Waals surface area contributed by atoms with Gasteiger partial charge in [0, 0.05) is 19.3 Å². The molecule has 0 radical (unpaired) electrons. The SMILES string of the molecule is CC/C=C\C/C=C\C/C=C\C/C=C\CCCCCCCCC(=O)OC(COC(=O)CCCCCCC/C=C\C/C=C\CCCCC)COC(=O)CCCCCCCCCCCCCCCCCCC/C=C\C/C=C\CCCCCCC. The second-order valence-corrected chi connectivity index (χ2v) is 23.1. The second-order valence-electron chi connectivity index (χ2n) is 23.1. The van der Waals surface area contributed by atoms with Crippen molar-refractivity contribution in [2.75, 3.05) is 13.2 Å². The minimum Gasteiger partial charge on any atom is -0.462 e. The van der Waals surface area contributed by atoms with Gasteiger partial charge in [0.1, 0.15) is 13.2 Å². The molecule has 0 saturated heterocycles. The molecule has 0 rings (SSSR count). The molecule has 0 saturated carbocycles. The van der Waals surface area contributed by atoms with Gasteiger partial charge in [-0.1, -0.05) is 298 Å². The fourth-order valence-corrected chi connectivity index (χ4v) is 9.85. The molecule has 0 aromatic heterocycles. The van der Waals surface area contributed by atoms with Gasteiger partial charge in [0.15, 0.2) is 6.10 Å². The normalized spacial score (nSPS) is 12.7. The highest BCUT2D eigenvalue weighted by Crippen LogP contribution is 2.17. The zero-order valence-electron chi connectivity index (χ0n) is 53.5. The smallest absolute Gasteiger partial charge is 0.306 e. The van der Waals surface area contributed by atoms with Crippen molar-refractivity contribution in [3.05, 3.63) is 97.2 Å². The quantitative estimate of drug-likeness (QED) is 0.0261. The first-order valence-electron chi connectivity index (χ1n) is 34.7. The van der Waals surface area contributed by atoms with Crippen LogP contribution in [0.3, 0.4) is 0 Å². The van der Waals surface area contributed by atoms with Crippen molar-refractivity contribution in [2.45, 2.75) is 348 Å². The molecule has 0 fully saturated rings. The van der Waals surface area contributed by atoms with Gasteiger partial charge in [-0.2, -0.15) is 0 Å². The lowest BCUT2D eigenvalue weighted by Gasteiger charge is -2.18. The van der Waals surface area contributed by atoms with Crippen LogP contribution >= 0.6 is 0 Å². The Bertz CT molecular complexity index is 1580. The summed E-state index contributed by atoms with van der Waals surface area (Å²) in [7, 11) is 0. The van der Waals surface area contributed by atoms with Crippen molar-refractivity contribution < 1.29 is 28.6 Å². The molecule has 0 amide bonds. The highest BCUT2D eigenvalue weighted by Gasteiger charge is 2.19. The van der Waals surface area contributed by atoms with Crippen LogP contribution in [-0.4, -0.2) is 37.2 Å². The lowest BCUT2D eigenvalue weighted by Crippen LogP contribution is -2.30. The van der Waals surface area contributed by atoms with Gasteiger partial charge in [0.05, 0.1) is 0 Å². The van der Waals surface area contributed by atoms with E-state index in [1.807, 2.05) is 0 Å². The van der Waals surface area contributed by atoms with Gasteiger partial charge >= 0.3 is 17.9 Å². The molecular formula is C75H130O6. The summed E-state index contributed by atoms with van der Waals surface area (Å²) in [5.41, 5.74) is 0. The van der Waals surface area contributed by atoms with Crippen molar-refractivity contribution in [2.24, 2.45) is 0 Å². The molecule has 0 aliphatic rings. The summed E-state index contributed by atoms with van der Waals surface area (Å²) in [4.78, 5) is 38.4. The van der Waals surface area contributed by atoms with Gasteiger partial charge in [0.2, 0.25) is 0 Å². The largest absolute Gasteiger partial charge is 0.462 e. The standard InChI is InChI=1S/C75H130O6/c1-4-7-10-13-16-19-22-25-28-30-32-33-34-35-36-37-38-39-40-41-43-44-47-50-53-56-59-62-65-68-74(77)80-71-72(70-79-73(76)67-64-61-58-55-52-49-46-27-24-21-18-15-12-9-6-3)81-75(78)69-66-63-60-57-54-51-48-45-42-31-29-26-23-20-17-14-11-8-5-2/h8,11,17-18,20-22,25-27,29-30,32,42,45-46,72H,4-7,9-10,12-16,19,23-24,28,31,33-41,43-44,47-71H2,1-3H3/b11-8-,20-17-,21-18-,25-22-,29-26-,32-30-,45-42-,46-27-. The van der Waals surface area contributed by atoms with Crippen LogP contribution in [0.25, 0.3) is 0 Å². The molecule has 0 aromatic carbocycles. The third-order valence-electron chi connectivity index (χ3n) is 15.0. The van der Waals surface area contributed by atoms with E-state index in [9.17, 15) is 14.4 Å². The van der Waals surface area contributed by atoms with Crippen LogP contribution in [0, 0.1) is 0 Å². The Hall–Kier alpha value is -3.67. The second kappa shape index (κ2) is 68.8. The molecule has 1 unspecified atom stereocenters. The Morgan fingerprint density at radius 1 is 0.259 bits per heavy atom. The highest BCUT2D eigenvalue weighted by molar-refractivity contribution is 5.71. The van der Waals surface area contributed by atoms with Gasteiger partial charge in [0.25, 0.3) is 0 Å². The average molecular weight is 1130 g/mol. The molecule has 0 N–H and O–H groups in total. The number of esters is 3. The molecule has 0 aliphatic carbocycles. The van der Waals surface area contributed by atoms with Crippen LogP contribution in [0.1, 0.15) is 342 Å². The minimum atomic E-state index is -0.793. The third-order valence-corrected chi connectivity index (χ3v) is 15.0. The predicted molar refractivity (Wildman–Crippen MR) is 353 cm³/mol. The number of unbranched alkanes of at least 4 members (excludes halogenated alkanes) is 36. The monoisotopic (exact) mass is 1130 g/mol. The first-order chi connectivity index (χ1) is 40.0. The predicted octanol–water partition coefficient (Wildman–Crippen LogP) is 24.0. The lowest BCUT2D eigenvalue weighted by atomic mass is 10.0. The molecule has 0 aromatic rings. The van der Waals surface area contributed by atoms with Gasteiger partial charge in [-0.05, 0) is 122 Å². The van der Waals surface area contributed by atoms with Crippen LogP contribution in [-0.2, 0) is 28.6 Å². The van der Waals surface area contributed by atoms with E-state index in [0.717, 1.165) is 128 Å². The minimum absolute atomic E-state index is 0.0862. The Morgan fingerprint density at radius 2 is 0.481 bits per heavy atom. The number of hydrogen-bond acceptors (Lipinski definition) is 6. The maximum absolute atomic E-state index is 12.9. The number of carbonyl (C=O) groups is 3. The first-order valence-corrected chi connectivity index (χ1v) is 34.7. The number of rotatable bonds is 63. The van der Waals surface area contributed by atoms with E-state index in [2.05, 4.69) is 118 Å². The third kappa shape index (κ3) is 67.0. The van der Waals surface area contributed by atoms with Gasteiger partial charge in [-0.15, -0.1) is 0 Å². The molecular weight excluding hydrogens is 997 g/mol. The first kappa shape index (κ1) is 77.3. The van der Waals surface area contributed by atoms with Crippen molar-refractivity contribution in [1.29, 1.82) is 0 Å². The van der Waals surface area contributed by atoms with E-state index >= 15 is 0 Å². The number of carbonyl (C=O) groups excluding carboxylic acids is 3. The summed E-state index contributed by atoms with van der Waals surface area (Å²) in [6.07, 6.45) is 92.9. The number of ether oxygens (including phenoxy) is 3. The number of allylic oxidation sites excluding steroid dienone is 16. The summed E-state index contributed by atoms with van der Waals surface area (Å²) >= 11 is 0. The Labute approximate surface area is 502 Å². The van der Waals surface area contributed by atoms with E-state index in [1.54, 1.807) is 0 Å². The van der Waals surface area contributed by atoms with Crippen LogP contribution < -0.4 is 0 Å². The molecule has 81 heavy (non-hydrogen) atoms. The molecule has 0 bridgehead atoms. The van der Waals surface area contributed by atoms with Crippen LogP contribution in [0.15, 0.2) is 97.2 Å². The van der Waals surface area contributed by atoms with Gasteiger partial charge in [-0.25, -0.2) is 0 Å². The van der Waals surface area contributed by atoms with Crippen LogP contribution in [0.4, 0.5) is 0 Å². The van der Waals surface area contributed by atoms with Gasteiger partial charge in [-0.3, -0.25) is 14.4 Å². The molecule has 0 heterocycles. The maximum atomic E-state index is 12.9. The van der Waals surface area contributed by atoms with Crippen molar-refractivity contribution >= 4 is 17.9 Å². The molecule has 6 nitrogen and oxygen atoms in total. The summed E-state index contributed by atoms with van der Waals surface area (Å²) in [6, 6.07) is 0. The highest BCUT2D eigenvalue weighted by atomic mass is 16.6. The summed E-state index contributed by atoms with van der Waals surface area (Å²) in [5, 5.41) is 0. The lowest BCUT2D eigenvalue weighted by molar-refractivity contribution is -0.167. The molecule has 6 heteroatoms. The Balaban J connectivity index is 4.29. The van der Waals surface area contributed by atoms with Crippen LogP contribution in [0.2, 0.25) is 0 Å². The average Bonchev–Trinajstić information content (AvgIpc) is 3.47. The molecule has 0 aliphatic heterocycles. The van der Waals surface area contributed by atoms with E-state index in [4.69, 9.17) is 14.2 Å². The van der Waals surface area contributed by atoms with E-state index in [-0.39, 0.29) is 31.1 Å². The zero-order valence-corrected chi connectivity index (χ0v) is 53.5. The fourth-order valence-electron chi connectivity index (χ4n) is 9.85. The maximum Gasteiger partial charge on any atom is 0.306 e. The van der Waals surface area contributed by atoms with Gasteiger partial charge < -0.3 is 14.2 Å². The van der Waals surface area contributed by atoms with Crippen molar-refractivity contribution in [1.82, 2.24) is 0 Å². The van der Waals surface area contributed by atoms with Crippen LogP contribution in [0.5, 0.6) is 0 Å². The van der Waals surface area contributed by atoms with Crippen molar-refractivity contribution in [3.63, 3.8) is 0 Å². The summed E-state index contributed by atoms with van der Waals surface area (Å²) in [6.45, 7) is 6.50. The van der Waals surface area contributed by atoms with E-state index in [1.165, 1.54) is 173 Å².